The van der Waals surface area contributed by atoms with Crippen molar-refractivity contribution < 1.29 is 19.1 Å². The van der Waals surface area contributed by atoms with Gasteiger partial charge in [-0.2, -0.15) is 4.68 Å². The minimum Gasteiger partial charge on any atom is -0.467 e. The fourth-order valence-corrected chi connectivity index (χ4v) is 2.21. The van der Waals surface area contributed by atoms with Gasteiger partial charge in [0, 0.05) is 5.69 Å². The smallest absolute Gasteiger partial charge is 0.328 e. The van der Waals surface area contributed by atoms with Crippen LogP contribution in [0.4, 0.5) is 5.69 Å². The van der Waals surface area contributed by atoms with Crippen molar-refractivity contribution in [2.24, 2.45) is 5.92 Å². The Morgan fingerprint density at radius 3 is 2.50 bits per heavy atom. The minimum atomic E-state index is -0.932. The highest BCUT2D eigenvalue weighted by molar-refractivity contribution is 6.40. The highest BCUT2D eigenvalue weighted by Gasteiger charge is 2.27. The topological polar surface area (TPSA) is 128 Å². The number of nitrogens with zero attached hydrogens (tertiary/aromatic N) is 4. The Morgan fingerprint density at radius 1 is 1.19 bits per heavy atom. The summed E-state index contributed by atoms with van der Waals surface area (Å²) in [4.78, 5) is 35.9. The van der Waals surface area contributed by atoms with Crippen LogP contribution in [0.3, 0.4) is 0 Å². The number of tetrazole rings is 1. The van der Waals surface area contributed by atoms with E-state index in [9.17, 15) is 14.4 Å². The molecule has 0 aliphatic heterocycles. The molecule has 0 saturated heterocycles. The largest absolute Gasteiger partial charge is 0.467 e. The van der Waals surface area contributed by atoms with Gasteiger partial charge in [0.25, 0.3) is 0 Å². The summed E-state index contributed by atoms with van der Waals surface area (Å²) in [5.74, 6) is -2.10. The lowest BCUT2D eigenvalue weighted by molar-refractivity contribution is -0.147. The Labute approximate surface area is 149 Å². The molecule has 2 amide bonds. The molecule has 1 aromatic carbocycles. The highest BCUT2D eigenvalue weighted by atomic mass is 16.5. The number of aryl methyl sites for hydroxylation is 1. The molecule has 0 aliphatic rings. The number of rotatable bonds is 5. The number of amides is 2. The Kier molecular flexibility index (Phi) is 5.99. The van der Waals surface area contributed by atoms with E-state index < -0.39 is 23.8 Å². The van der Waals surface area contributed by atoms with Gasteiger partial charge in [-0.1, -0.05) is 19.9 Å². The van der Waals surface area contributed by atoms with Crippen LogP contribution in [0.25, 0.3) is 5.69 Å². The number of ether oxygens (including phenoxy) is 1. The Morgan fingerprint density at radius 2 is 1.92 bits per heavy atom. The van der Waals surface area contributed by atoms with Gasteiger partial charge in [-0.05, 0) is 41.5 Å². The normalized spacial score (nSPS) is 11.7. The van der Waals surface area contributed by atoms with Gasteiger partial charge in [0.05, 0.1) is 12.8 Å². The zero-order valence-electron chi connectivity index (χ0n) is 14.9. The predicted molar refractivity (Wildman–Crippen MR) is 91.3 cm³/mol. The van der Waals surface area contributed by atoms with E-state index in [-0.39, 0.29) is 5.92 Å². The molecular weight excluding hydrogens is 340 g/mol. The third-order valence-electron chi connectivity index (χ3n) is 3.59. The van der Waals surface area contributed by atoms with E-state index in [0.717, 1.165) is 0 Å². The first kappa shape index (κ1) is 19.0. The van der Waals surface area contributed by atoms with Gasteiger partial charge >= 0.3 is 17.8 Å². The third kappa shape index (κ3) is 4.41. The molecule has 1 heterocycles. The van der Waals surface area contributed by atoms with Crippen molar-refractivity contribution in [1.82, 2.24) is 25.5 Å². The molecule has 0 fully saturated rings. The van der Waals surface area contributed by atoms with Crippen LogP contribution in [0.5, 0.6) is 0 Å². The standard InChI is InChI=1S/C16H20N6O4/c1-9(2)13(16(25)26-4)18-15(24)14(23)17-11-6-5-7-12(8-11)22-10(3)19-20-21-22/h5-9,13H,1-4H3,(H,17,23)(H,18,24)/t13-/m0/s1. The van der Waals surface area contributed by atoms with Gasteiger partial charge < -0.3 is 15.4 Å². The molecule has 10 nitrogen and oxygen atoms in total. The number of esters is 1. The van der Waals surface area contributed by atoms with E-state index in [4.69, 9.17) is 0 Å². The third-order valence-corrected chi connectivity index (χ3v) is 3.59. The Hall–Kier alpha value is -3.30. The monoisotopic (exact) mass is 360 g/mol. The van der Waals surface area contributed by atoms with Crippen LogP contribution in [0.1, 0.15) is 19.7 Å². The quantitative estimate of drug-likeness (QED) is 0.576. The first-order valence-corrected chi connectivity index (χ1v) is 7.88. The van der Waals surface area contributed by atoms with Crippen molar-refractivity contribution in [1.29, 1.82) is 0 Å². The molecule has 2 aromatic rings. The lowest BCUT2D eigenvalue weighted by Crippen LogP contribution is -2.48. The Balaban J connectivity index is 2.08. The molecule has 0 saturated carbocycles. The molecule has 10 heteroatoms. The second kappa shape index (κ2) is 8.19. The van der Waals surface area contributed by atoms with Gasteiger partial charge in [0.1, 0.15) is 6.04 Å². The number of nitrogens with one attached hydrogen (secondary N) is 2. The molecule has 0 radical (unpaired) electrons. The second-order valence-corrected chi connectivity index (χ2v) is 5.86. The van der Waals surface area contributed by atoms with E-state index in [1.165, 1.54) is 11.8 Å². The van der Waals surface area contributed by atoms with Gasteiger partial charge in [-0.15, -0.1) is 5.10 Å². The van der Waals surface area contributed by atoms with E-state index in [2.05, 4.69) is 30.9 Å². The van der Waals surface area contributed by atoms with Gasteiger partial charge in [-0.3, -0.25) is 9.59 Å². The Bertz CT molecular complexity index is 817. The van der Waals surface area contributed by atoms with Crippen LogP contribution in [0.2, 0.25) is 0 Å². The number of aromatic nitrogens is 4. The van der Waals surface area contributed by atoms with Crippen LogP contribution >= 0.6 is 0 Å². The van der Waals surface area contributed by atoms with Crippen molar-refractivity contribution in [2.45, 2.75) is 26.8 Å². The van der Waals surface area contributed by atoms with Crippen LogP contribution < -0.4 is 10.6 Å². The average Bonchev–Trinajstić information content (AvgIpc) is 3.04. The molecule has 1 aromatic heterocycles. The molecule has 1 atom stereocenters. The van der Waals surface area contributed by atoms with E-state index in [0.29, 0.717) is 17.2 Å². The molecule has 2 N–H and O–H groups in total. The minimum absolute atomic E-state index is 0.231. The average molecular weight is 360 g/mol. The number of carbonyl (C=O) groups is 3. The summed E-state index contributed by atoms with van der Waals surface area (Å²) in [6.45, 7) is 5.20. The molecular formula is C16H20N6O4. The summed E-state index contributed by atoms with van der Waals surface area (Å²) in [7, 11) is 1.22. The zero-order chi connectivity index (χ0) is 19.3. The fourth-order valence-electron chi connectivity index (χ4n) is 2.21. The summed E-state index contributed by atoms with van der Waals surface area (Å²) in [5.41, 5.74) is 1.01. The summed E-state index contributed by atoms with van der Waals surface area (Å²) >= 11 is 0. The van der Waals surface area contributed by atoms with Crippen molar-refractivity contribution in [3.8, 4) is 5.69 Å². The van der Waals surface area contributed by atoms with Gasteiger partial charge in [0.2, 0.25) is 0 Å². The maximum Gasteiger partial charge on any atom is 0.328 e. The number of benzene rings is 1. The number of methoxy groups -OCH3 is 1. The fraction of sp³-hybridized carbons (Fsp3) is 0.375. The lowest BCUT2D eigenvalue weighted by Gasteiger charge is -2.19. The summed E-state index contributed by atoms with van der Waals surface area (Å²) < 4.78 is 6.12. The van der Waals surface area contributed by atoms with Crippen LogP contribution in [-0.4, -0.2) is 51.1 Å². The first-order valence-electron chi connectivity index (χ1n) is 7.88. The molecule has 0 unspecified atom stereocenters. The molecule has 26 heavy (non-hydrogen) atoms. The zero-order valence-corrected chi connectivity index (χ0v) is 14.9. The van der Waals surface area contributed by atoms with Gasteiger partial charge in [0.15, 0.2) is 5.82 Å². The van der Waals surface area contributed by atoms with Crippen molar-refractivity contribution in [2.75, 3.05) is 12.4 Å². The number of carbonyl (C=O) groups excluding carboxylic acids is 3. The molecule has 0 spiro atoms. The van der Waals surface area contributed by atoms with Crippen LogP contribution in [0.15, 0.2) is 24.3 Å². The van der Waals surface area contributed by atoms with Crippen LogP contribution in [-0.2, 0) is 19.1 Å². The lowest BCUT2D eigenvalue weighted by atomic mass is 10.0. The highest BCUT2D eigenvalue weighted by Crippen LogP contribution is 2.14. The number of hydrogen-bond acceptors (Lipinski definition) is 7. The summed E-state index contributed by atoms with van der Waals surface area (Å²) in [5, 5.41) is 16.0. The molecule has 2 rings (SSSR count). The SMILES string of the molecule is COC(=O)[C@@H](NC(=O)C(=O)Nc1cccc(-n2nnnc2C)c1)C(C)C. The van der Waals surface area contributed by atoms with E-state index in [1.807, 2.05) is 0 Å². The molecule has 0 aliphatic carbocycles. The summed E-state index contributed by atoms with van der Waals surface area (Å²) in [6, 6.07) is 5.78. The maximum absolute atomic E-state index is 12.1. The summed E-state index contributed by atoms with van der Waals surface area (Å²) in [6.07, 6.45) is 0. The van der Waals surface area contributed by atoms with Gasteiger partial charge in [-0.25, -0.2) is 4.79 Å². The van der Waals surface area contributed by atoms with Crippen molar-refractivity contribution in [3.05, 3.63) is 30.1 Å². The van der Waals surface area contributed by atoms with Crippen molar-refractivity contribution >= 4 is 23.5 Å². The maximum atomic E-state index is 12.1. The molecule has 138 valence electrons. The number of anilines is 1. The predicted octanol–water partition coefficient (Wildman–Crippen LogP) is 0.223. The first-order chi connectivity index (χ1) is 12.3. The van der Waals surface area contributed by atoms with Crippen molar-refractivity contribution in [3.63, 3.8) is 0 Å². The number of hydrogen-bond donors (Lipinski definition) is 2. The van der Waals surface area contributed by atoms with E-state index >= 15 is 0 Å². The molecule has 0 bridgehead atoms. The van der Waals surface area contributed by atoms with E-state index in [1.54, 1.807) is 45.0 Å². The van der Waals surface area contributed by atoms with Crippen LogP contribution in [0, 0.1) is 12.8 Å². The second-order valence-electron chi connectivity index (χ2n) is 5.86.